The van der Waals surface area contributed by atoms with Gasteiger partial charge >= 0.3 is 0 Å². The van der Waals surface area contributed by atoms with E-state index in [0.717, 1.165) is 37.4 Å². The second kappa shape index (κ2) is 17.7. The van der Waals surface area contributed by atoms with E-state index in [-0.39, 0.29) is 0 Å². The van der Waals surface area contributed by atoms with Crippen LogP contribution in [0.5, 0.6) is 0 Å². The van der Waals surface area contributed by atoms with Gasteiger partial charge in [-0.1, -0.05) is 86.5 Å². The molecule has 0 aliphatic heterocycles. The van der Waals surface area contributed by atoms with E-state index in [1.54, 1.807) is 0 Å². The van der Waals surface area contributed by atoms with E-state index in [9.17, 15) is 0 Å². The fraction of sp³-hybridized carbons (Fsp3) is 0.893. The van der Waals surface area contributed by atoms with Crippen molar-refractivity contribution < 1.29 is 4.57 Å². The predicted octanol–water partition coefficient (Wildman–Crippen LogP) is 7.38. The van der Waals surface area contributed by atoms with Gasteiger partial charge in [0, 0.05) is 6.04 Å². The van der Waals surface area contributed by atoms with Gasteiger partial charge in [-0.3, -0.25) is 0 Å². The Labute approximate surface area is 195 Å². The summed E-state index contributed by atoms with van der Waals surface area (Å²) in [5.41, 5.74) is 0. The monoisotopic (exact) mass is 434 g/mol. The van der Waals surface area contributed by atoms with Crippen LogP contribution < -0.4 is 9.88 Å². The summed E-state index contributed by atoms with van der Waals surface area (Å²) in [6, 6.07) is 0.707. The molecule has 0 radical (unpaired) electrons. The lowest BCUT2D eigenvalue weighted by Crippen LogP contribution is -2.36. The predicted molar refractivity (Wildman–Crippen MR) is 136 cm³/mol. The lowest BCUT2D eigenvalue weighted by atomic mass is 9.92. The van der Waals surface area contributed by atoms with Gasteiger partial charge in [-0.2, -0.15) is 0 Å². The molecule has 0 fully saturated rings. The lowest BCUT2D eigenvalue weighted by Gasteiger charge is -2.21. The minimum atomic E-state index is 0.707. The van der Waals surface area contributed by atoms with Gasteiger partial charge in [-0.05, 0) is 56.4 Å². The van der Waals surface area contributed by atoms with Crippen molar-refractivity contribution in [3.63, 3.8) is 0 Å². The minimum Gasteiger partial charge on any atom is -0.314 e. The summed E-state index contributed by atoms with van der Waals surface area (Å²) in [6.07, 6.45) is 22.9. The van der Waals surface area contributed by atoms with E-state index in [1.165, 1.54) is 77.0 Å². The van der Waals surface area contributed by atoms with E-state index in [0.29, 0.717) is 6.04 Å². The molecule has 0 saturated carbocycles. The molecule has 2 unspecified atom stereocenters. The first-order chi connectivity index (χ1) is 14.9. The highest BCUT2D eigenvalue weighted by atomic mass is 15.1. The van der Waals surface area contributed by atoms with Crippen LogP contribution in [0.1, 0.15) is 119 Å². The summed E-state index contributed by atoms with van der Waals surface area (Å²) >= 11 is 0. The van der Waals surface area contributed by atoms with Gasteiger partial charge in [0.05, 0.1) is 13.1 Å². The van der Waals surface area contributed by atoms with E-state index < -0.39 is 0 Å². The summed E-state index contributed by atoms with van der Waals surface area (Å²) in [5, 5.41) is 3.93. The largest absolute Gasteiger partial charge is 0.314 e. The quantitative estimate of drug-likeness (QED) is 0.168. The molecule has 1 rings (SSSR count). The molecule has 0 bridgehead atoms. The van der Waals surface area contributed by atoms with Crippen LogP contribution in [0.15, 0.2) is 18.7 Å². The summed E-state index contributed by atoms with van der Waals surface area (Å²) in [5.74, 6) is 2.56. The van der Waals surface area contributed by atoms with Crippen LogP contribution in [-0.4, -0.2) is 17.2 Å². The van der Waals surface area contributed by atoms with Crippen molar-refractivity contribution in [3.05, 3.63) is 18.7 Å². The van der Waals surface area contributed by atoms with Crippen molar-refractivity contribution in [2.24, 2.45) is 17.8 Å². The number of unbranched alkanes of at least 4 members (excludes halogenated alkanes) is 2. The van der Waals surface area contributed by atoms with Gasteiger partial charge in [0.25, 0.3) is 0 Å². The third kappa shape index (κ3) is 15.6. The fourth-order valence-corrected chi connectivity index (χ4v) is 4.41. The van der Waals surface area contributed by atoms with Gasteiger partial charge in [0.1, 0.15) is 12.4 Å². The number of hydrogen-bond acceptors (Lipinski definition) is 1. The van der Waals surface area contributed by atoms with Crippen molar-refractivity contribution in [1.82, 2.24) is 9.88 Å². The third-order valence-electron chi connectivity index (χ3n) is 6.61. The van der Waals surface area contributed by atoms with Crippen LogP contribution in [0.4, 0.5) is 0 Å². The number of aryl methyl sites for hydroxylation is 2. The van der Waals surface area contributed by atoms with Gasteiger partial charge in [-0.25, -0.2) is 9.13 Å². The molecule has 0 aliphatic rings. The molecule has 0 aliphatic carbocycles. The molecule has 1 N–H and O–H groups in total. The first-order valence-electron chi connectivity index (χ1n) is 13.7. The molecule has 0 aromatic carbocycles. The zero-order valence-corrected chi connectivity index (χ0v) is 22.0. The Morgan fingerprint density at radius 1 is 0.774 bits per heavy atom. The number of hydrogen-bond donors (Lipinski definition) is 1. The van der Waals surface area contributed by atoms with Gasteiger partial charge in [-0.15, -0.1) is 0 Å². The molecular formula is C28H56N3+. The molecule has 3 nitrogen and oxygen atoms in total. The summed E-state index contributed by atoms with van der Waals surface area (Å²) in [4.78, 5) is 0. The molecule has 0 spiro atoms. The summed E-state index contributed by atoms with van der Waals surface area (Å²) < 4.78 is 4.68. The second-order valence-corrected chi connectivity index (χ2v) is 10.9. The molecule has 2 atom stereocenters. The average Bonchev–Trinajstić information content (AvgIpc) is 3.17. The Morgan fingerprint density at radius 2 is 1.48 bits per heavy atom. The smallest absolute Gasteiger partial charge is 0.243 e. The molecule has 1 heterocycles. The normalized spacial score (nSPS) is 13.9. The zero-order chi connectivity index (χ0) is 22.9. The van der Waals surface area contributed by atoms with Crippen LogP contribution in [0.3, 0.4) is 0 Å². The Hall–Kier alpha value is -0.830. The van der Waals surface area contributed by atoms with E-state index in [2.05, 4.69) is 74.7 Å². The number of aromatic nitrogens is 2. The van der Waals surface area contributed by atoms with E-state index in [1.807, 2.05) is 0 Å². The van der Waals surface area contributed by atoms with Crippen molar-refractivity contribution in [2.45, 2.75) is 138 Å². The van der Waals surface area contributed by atoms with Crippen LogP contribution in [-0.2, 0) is 13.1 Å². The molecule has 3 heteroatoms. The van der Waals surface area contributed by atoms with Crippen molar-refractivity contribution in [1.29, 1.82) is 0 Å². The second-order valence-electron chi connectivity index (χ2n) is 10.9. The lowest BCUT2D eigenvalue weighted by molar-refractivity contribution is -0.696. The van der Waals surface area contributed by atoms with E-state index in [4.69, 9.17) is 0 Å². The van der Waals surface area contributed by atoms with E-state index >= 15 is 0 Å². The molecule has 1 aromatic heterocycles. The zero-order valence-electron chi connectivity index (χ0n) is 22.0. The minimum absolute atomic E-state index is 0.707. The van der Waals surface area contributed by atoms with Crippen LogP contribution in [0.25, 0.3) is 0 Å². The summed E-state index contributed by atoms with van der Waals surface area (Å²) in [6.45, 7) is 17.5. The highest BCUT2D eigenvalue weighted by Crippen LogP contribution is 2.19. The Morgan fingerprint density at radius 3 is 2.19 bits per heavy atom. The van der Waals surface area contributed by atoms with Crippen molar-refractivity contribution in [3.8, 4) is 0 Å². The SMILES string of the molecule is CCCCn1cc[n+](CCCNC(CCCCC(C)C)CCC(C)CCCC(C)C)c1. The standard InChI is InChI=1S/C28H56N3/c1-7-8-20-30-22-23-31(24-30)21-12-19-29-28(16-10-9-13-25(2)3)18-17-27(6)15-11-14-26(4)5/h22-29H,7-21H2,1-6H3/q+1. The Bertz CT molecular complexity index is 520. The first-order valence-corrected chi connectivity index (χ1v) is 13.7. The van der Waals surface area contributed by atoms with Crippen LogP contribution in [0, 0.1) is 17.8 Å². The van der Waals surface area contributed by atoms with Crippen molar-refractivity contribution >= 4 is 0 Å². The topological polar surface area (TPSA) is 20.8 Å². The number of imidazole rings is 1. The number of nitrogens with one attached hydrogen (secondary N) is 1. The molecule has 0 amide bonds. The molecule has 0 saturated heterocycles. The fourth-order valence-electron chi connectivity index (χ4n) is 4.41. The van der Waals surface area contributed by atoms with Gasteiger partial charge in [0.15, 0.2) is 0 Å². The maximum atomic E-state index is 3.93. The molecular weight excluding hydrogens is 378 g/mol. The number of nitrogens with zero attached hydrogens (tertiary/aromatic N) is 2. The Balaban J connectivity index is 2.32. The number of rotatable bonds is 20. The first kappa shape index (κ1) is 28.2. The molecule has 31 heavy (non-hydrogen) atoms. The van der Waals surface area contributed by atoms with Gasteiger partial charge in [0.2, 0.25) is 6.33 Å². The average molecular weight is 435 g/mol. The maximum Gasteiger partial charge on any atom is 0.243 e. The Kier molecular flexibility index (Phi) is 16.1. The molecule has 182 valence electrons. The van der Waals surface area contributed by atoms with Crippen LogP contribution in [0.2, 0.25) is 0 Å². The maximum absolute atomic E-state index is 3.93. The highest BCUT2D eigenvalue weighted by molar-refractivity contribution is 4.70. The van der Waals surface area contributed by atoms with Crippen molar-refractivity contribution in [2.75, 3.05) is 6.54 Å². The van der Waals surface area contributed by atoms with Gasteiger partial charge < -0.3 is 5.32 Å². The third-order valence-corrected chi connectivity index (χ3v) is 6.61. The summed E-state index contributed by atoms with van der Waals surface area (Å²) in [7, 11) is 0. The van der Waals surface area contributed by atoms with Crippen LogP contribution >= 0.6 is 0 Å². The molecule has 1 aromatic rings. The highest BCUT2D eigenvalue weighted by Gasteiger charge is 2.12.